The third-order valence-electron chi connectivity index (χ3n) is 0. The van der Waals surface area contributed by atoms with Crippen LogP contribution in [0, 0.1) is 0 Å². The SMILES string of the molecule is C=CC.O=P([O-])([O-])[O-].O=P([O-])([O-])[O-]. The first-order valence-corrected chi connectivity index (χ1v) is 5.37. The predicted octanol–water partition coefficient (Wildman–Crippen LogP) is -4.46. The molecular weight excluding hydrogens is 226 g/mol. The van der Waals surface area contributed by atoms with E-state index in [9.17, 15) is 0 Å². The molecule has 0 spiro atoms. The minimum Gasteiger partial charge on any atom is -0.822 e. The first kappa shape index (κ1) is 18.7. The zero-order valence-corrected chi connectivity index (χ0v) is 8.23. The fourth-order valence-electron chi connectivity index (χ4n) is 0. The van der Waals surface area contributed by atoms with E-state index in [1.54, 1.807) is 6.08 Å². The maximum atomic E-state index is 8.55. The van der Waals surface area contributed by atoms with Gasteiger partial charge in [0.25, 0.3) is 0 Å². The highest BCUT2D eigenvalue weighted by atomic mass is 31.2. The zero-order valence-electron chi connectivity index (χ0n) is 6.44. The molecule has 0 aliphatic heterocycles. The maximum absolute atomic E-state index is 8.55. The highest BCUT2D eigenvalue weighted by Gasteiger charge is 1.45. The van der Waals surface area contributed by atoms with Gasteiger partial charge < -0.3 is 38.5 Å². The normalized spacial score (nSPS) is 10.1. The van der Waals surface area contributed by atoms with E-state index in [0.717, 1.165) is 0 Å². The Morgan fingerprint density at radius 3 is 0.923 bits per heavy atom. The molecule has 0 unspecified atom stereocenters. The molecule has 0 bridgehead atoms. The van der Waals surface area contributed by atoms with Crippen molar-refractivity contribution in [2.75, 3.05) is 0 Å². The van der Waals surface area contributed by atoms with Gasteiger partial charge in [0.1, 0.15) is 0 Å². The van der Waals surface area contributed by atoms with Gasteiger partial charge in [0, 0.05) is 0 Å². The topological polar surface area (TPSA) is 172 Å². The van der Waals surface area contributed by atoms with Crippen LogP contribution in [0.25, 0.3) is 0 Å². The van der Waals surface area contributed by atoms with Gasteiger partial charge in [-0.05, 0) is 6.92 Å². The lowest BCUT2D eigenvalue weighted by Gasteiger charge is -2.36. The van der Waals surface area contributed by atoms with E-state index >= 15 is 0 Å². The molecule has 0 atom stereocenters. The third-order valence-corrected chi connectivity index (χ3v) is 0. The Kier molecular flexibility index (Phi) is 12.3. The van der Waals surface area contributed by atoms with Crippen LogP contribution < -0.4 is 29.4 Å². The minimum atomic E-state index is -5.39. The van der Waals surface area contributed by atoms with Crippen molar-refractivity contribution in [2.45, 2.75) is 6.92 Å². The van der Waals surface area contributed by atoms with E-state index in [1.165, 1.54) is 0 Å². The van der Waals surface area contributed by atoms with Gasteiger partial charge in [-0.2, -0.15) is 15.6 Å². The molecule has 0 saturated carbocycles. The molecule has 0 heterocycles. The van der Waals surface area contributed by atoms with Gasteiger partial charge in [-0.25, -0.2) is 0 Å². The number of allylic oxidation sites excluding steroid dienone is 1. The molecule has 0 N–H and O–H groups in total. The van der Waals surface area contributed by atoms with Crippen LogP contribution in [0.5, 0.6) is 0 Å². The summed E-state index contributed by atoms with van der Waals surface area (Å²) in [6, 6.07) is 0. The summed E-state index contributed by atoms with van der Waals surface area (Å²) in [7, 11) is -10.8. The van der Waals surface area contributed by atoms with Gasteiger partial charge in [-0.1, -0.05) is 6.08 Å². The van der Waals surface area contributed by atoms with E-state index in [4.69, 9.17) is 38.5 Å². The molecule has 0 aromatic heterocycles. The Hall–Kier alpha value is -0.0400. The number of hydrogen-bond donors (Lipinski definition) is 0. The van der Waals surface area contributed by atoms with E-state index < -0.39 is 15.6 Å². The molecule has 0 aliphatic rings. The molecule has 0 aliphatic carbocycles. The lowest BCUT2D eigenvalue weighted by molar-refractivity contribution is -0.434. The summed E-state index contributed by atoms with van der Waals surface area (Å²) in [5.74, 6) is 0. The van der Waals surface area contributed by atoms with Gasteiger partial charge in [0.15, 0.2) is 0 Å². The van der Waals surface area contributed by atoms with Gasteiger partial charge in [-0.15, -0.1) is 6.58 Å². The van der Waals surface area contributed by atoms with Crippen LogP contribution in [0.2, 0.25) is 0 Å². The molecule has 0 radical (unpaired) electrons. The van der Waals surface area contributed by atoms with Crippen molar-refractivity contribution in [1.29, 1.82) is 0 Å². The Bertz CT molecular complexity index is 163. The number of hydrogen-bond acceptors (Lipinski definition) is 8. The first-order valence-electron chi connectivity index (χ1n) is 2.45. The summed E-state index contributed by atoms with van der Waals surface area (Å²) in [5.41, 5.74) is 0. The Morgan fingerprint density at radius 2 is 0.923 bits per heavy atom. The standard InChI is InChI=1S/C3H6.2H3O4P/c1-3-2;2*1-5(2,3)4/h3H,1H2,2H3;2*(H3,1,2,3,4)/p-6. The summed E-state index contributed by atoms with van der Waals surface area (Å²) in [5, 5.41) is 0. The van der Waals surface area contributed by atoms with E-state index in [1.807, 2.05) is 6.92 Å². The Morgan fingerprint density at radius 1 is 0.923 bits per heavy atom. The summed E-state index contributed by atoms with van der Waals surface area (Å²) >= 11 is 0. The molecule has 0 rings (SSSR count). The van der Waals surface area contributed by atoms with E-state index in [2.05, 4.69) is 6.58 Å². The Balaban J connectivity index is -0.000000120. The molecule has 0 aromatic rings. The van der Waals surface area contributed by atoms with Crippen LogP contribution in [0.1, 0.15) is 6.92 Å². The van der Waals surface area contributed by atoms with Crippen molar-refractivity contribution in [3.63, 3.8) is 0 Å². The van der Waals surface area contributed by atoms with Gasteiger partial charge >= 0.3 is 0 Å². The van der Waals surface area contributed by atoms with Crippen LogP contribution in [-0.4, -0.2) is 0 Å². The largest absolute Gasteiger partial charge is 0.822 e. The van der Waals surface area contributed by atoms with Crippen LogP contribution in [0.3, 0.4) is 0 Å². The second-order valence-corrected chi connectivity index (χ2v) is 3.09. The Labute approximate surface area is 74.7 Å². The van der Waals surface area contributed by atoms with Gasteiger partial charge in [-0.3, -0.25) is 0 Å². The summed E-state index contributed by atoms with van der Waals surface area (Å²) in [6.45, 7) is 5.25. The lowest BCUT2D eigenvalue weighted by Crippen LogP contribution is -2.24. The van der Waals surface area contributed by atoms with E-state index in [0.29, 0.717) is 0 Å². The number of phosphoric acid groups is 2. The third kappa shape index (κ3) is 742000. The summed E-state index contributed by atoms with van der Waals surface area (Å²) in [4.78, 5) is 51.3. The van der Waals surface area contributed by atoms with Crippen molar-refractivity contribution in [3.05, 3.63) is 12.7 Å². The first-order chi connectivity index (χ1) is 5.41. The molecular formula is C3H6O8P2-6. The van der Waals surface area contributed by atoms with Crippen LogP contribution in [0.15, 0.2) is 12.7 Å². The molecule has 10 heteroatoms. The van der Waals surface area contributed by atoms with Gasteiger partial charge in [0.05, 0.1) is 0 Å². The lowest BCUT2D eigenvalue weighted by atomic mass is 10.8. The summed E-state index contributed by atoms with van der Waals surface area (Å²) in [6.07, 6.45) is 1.75. The fraction of sp³-hybridized carbons (Fsp3) is 0.333. The quantitative estimate of drug-likeness (QED) is 0.296. The van der Waals surface area contributed by atoms with Crippen LogP contribution in [-0.2, 0) is 9.13 Å². The van der Waals surface area contributed by atoms with Gasteiger partial charge in [0.2, 0.25) is 0 Å². The molecule has 0 fully saturated rings. The van der Waals surface area contributed by atoms with Crippen LogP contribution in [0.4, 0.5) is 0 Å². The van der Waals surface area contributed by atoms with Crippen molar-refractivity contribution in [1.82, 2.24) is 0 Å². The predicted molar refractivity (Wildman–Crippen MR) is 31.1 cm³/mol. The van der Waals surface area contributed by atoms with Crippen molar-refractivity contribution >= 4 is 15.6 Å². The van der Waals surface area contributed by atoms with Crippen LogP contribution >= 0.6 is 15.6 Å². The highest BCUT2D eigenvalue weighted by molar-refractivity contribution is 7.40. The molecule has 0 amide bonds. The average Bonchev–Trinajstić information content (AvgIpc) is 1.52. The summed E-state index contributed by atoms with van der Waals surface area (Å²) < 4.78 is 17.1. The number of rotatable bonds is 0. The molecule has 8 nitrogen and oxygen atoms in total. The molecule has 82 valence electrons. The zero-order chi connectivity index (χ0) is 11.7. The second kappa shape index (κ2) is 8.55. The molecule has 0 aromatic carbocycles. The highest BCUT2D eigenvalue weighted by Crippen LogP contribution is 2.03. The molecule has 0 saturated heterocycles. The maximum Gasteiger partial charge on any atom is -0.0473 e. The monoisotopic (exact) mass is 232 g/mol. The fourth-order valence-corrected chi connectivity index (χ4v) is 0. The van der Waals surface area contributed by atoms with E-state index in [-0.39, 0.29) is 0 Å². The molecule has 13 heavy (non-hydrogen) atoms. The smallest absolute Gasteiger partial charge is 0.0473 e. The van der Waals surface area contributed by atoms with Crippen molar-refractivity contribution < 1.29 is 38.5 Å². The van der Waals surface area contributed by atoms with Crippen molar-refractivity contribution in [2.24, 2.45) is 0 Å². The minimum absolute atomic E-state index is 1.75. The van der Waals surface area contributed by atoms with Crippen molar-refractivity contribution in [3.8, 4) is 0 Å². The average molecular weight is 232 g/mol. The second-order valence-electron chi connectivity index (χ2n) is 1.30.